The number of hydrogen-bond donors (Lipinski definition) is 4. The summed E-state index contributed by atoms with van der Waals surface area (Å²) in [7, 11) is 2.02. The van der Waals surface area contributed by atoms with Crippen LogP contribution in [0.25, 0.3) is 22.4 Å². The van der Waals surface area contributed by atoms with Gasteiger partial charge in [-0.3, -0.25) is 19.3 Å². The Hall–Kier alpha value is -4.26. The first-order valence-electron chi connectivity index (χ1n) is 13.5. The molecule has 11 nitrogen and oxygen atoms in total. The van der Waals surface area contributed by atoms with E-state index in [1.807, 2.05) is 7.05 Å². The van der Waals surface area contributed by atoms with E-state index in [1.54, 1.807) is 18.2 Å². The van der Waals surface area contributed by atoms with E-state index in [9.17, 15) is 23.9 Å². The van der Waals surface area contributed by atoms with Crippen LogP contribution in [0.5, 0.6) is 5.75 Å². The molecule has 2 amide bonds. The van der Waals surface area contributed by atoms with Crippen molar-refractivity contribution in [3.05, 3.63) is 74.9 Å². The molecule has 1 saturated heterocycles. The number of aliphatic hydroxyl groups is 1. The fourth-order valence-corrected chi connectivity index (χ4v) is 5.54. The van der Waals surface area contributed by atoms with Gasteiger partial charge in [0.05, 0.1) is 32.9 Å². The van der Waals surface area contributed by atoms with Crippen LogP contribution in [0.2, 0.25) is 5.02 Å². The maximum Gasteiger partial charge on any atom is 0.261 e. The van der Waals surface area contributed by atoms with Crippen molar-refractivity contribution in [1.82, 2.24) is 24.8 Å². The van der Waals surface area contributed by atoms with Crippen LogP contribution in [0, 0.1) is 5.82 Å². The lowest BCUT2D eigenvalue weighted by Gasteiger charge is -2.33. The molecule has 4 N–H and O–H groups in total. The Morgan fingerprint density at radius 2 is 1.88 bits per heavy atom. The van der Waals surface area contributed by atoms with Gasteiger partial charge in [0, 0.05) is 24.8 Å². The second-order valence-electron chi connectivity index (χ2n) is 10.5. The zero-order chi connectivity index (χ0) is 29.5. The summed E-state index contributed by atoms with van der Waals surface area (Å²) in [6.45, 7) is 1.55. The summed E-state index contributed by atoms with van der Waals surface area (Å²) in [6, 6.07) is 8.59. The van der Waals surface area contributed by atoms with Crippen molar-refractivity contribution in [2.75, 3.05) is 38.6 Å². The van der Waals surface area contributed by atoms with Crippen LogP contribution in [-0.4, -0.2) is 87.1 Å². The van der Waals surface area contributed by atoms with Crippen LogP contribution in [0.4, 0.5) is 10.1 Å². The molecule has 218 valence electrons. The van der Waals surface area contributed by atoms with Crippen molar-refractivity contribution in [1.29, 1.82) is 0 Å². The highest BCUT2D eigenvalue weighted by Crippen LogP contribution is 2.32. The fraction of sp³-hybridized carbons (Fsp3) is 0.310. The number of H-pyrrole nitrogens is 2. The number of hydrogen-bond acceptors (Lipinski definition) is 8. The minimum absolute atomic E-state index is 0.0235. The molecular weight excluding hydrogens is 567 g/mol. The number of likely N-dealkylation sites (tertiary alicyclic amines) is 1. The normalized spacial score (nSPS) is 16.7. The number of aromatic amines is 2. The Balaban J connectivity index is 1.20. The number of imidazole rings is 1. The Bertz CT molecular complexity index is 1700. The molecule has 13 heteroatoms. The van der Waals surface area contributed by atoms with Gasteiger partial charge < -0.3 is 30.0 Å². The number of benzene rings is 2. The Morgan fingerprint density at radius 3 is 2.62 bits per heavy atom. The first-order chi connectivity index (χ1) is 20.2. The van der Waals surface area contributed by atoms with E-state index in [2.05, 4.69) is 25.2 Å². The van der Waals surface area contributed by atoms with Gasteiger partial charge in [0.1, 0.15) is 35.7 Å². The second kappa shape index (κ2) is 11.2. The van der Waals surface area contributed by atoms with Crippen LogP contribution < -0.4 is 15.6 Å². The minimum Gasteiger partial charge on any atom is -0.491 e. The van der Waals surface area contributed by atoms with Gasteiger partial charge in [-0.2, -0.15) is 0 Å². The molecule has 6 rings (SSSR count). The largest absolute Gasteiger partial charge is 0.491 e. The lowest BCUT2D eigenvalue weighted by molar-refractivity contribution is 0.0516. The molecule has 2 aliphatic heterocycles. The summed E-state index contributed by atoms with van der Waals surface area (Å²) in [4.78, 5) is 53.3. The molecule has 1 atom stereocenters. The molecule has 4 heterocycles. The van der Waals surface area contributed by atoms with Crippen LogP contribution in [0.1, 0.15) is 33.6 Å². The molecule has 1 unspecified atom stereocenters. The molecule has 0 radical (unpaired) electrons. The molecule has 4 aromatic rings. The van der Waals surface area contributed by atoms with Crippen molar-refractivity contribution in [3.8, 4) is 17.1 Å². The van der Waals surface area contributed by atoms with Crippen LogP contribution in [0.3, 0.4) is 0 Å². The zero-order valence-electron chi connectivity index (χ0n) is 22.6. The van der Waals surface area contributed by atoms with Gasteiger partial charge in [-0.15, -0.1) is 0 Å². The summed E-state index contributed by atoms with van der Waals surface area (Å²) < 4.78 is 18.8. The second-order valence-corrected chi connectivity index (χ2v) is 10.9. The van der Waals surface area contributed by atoms with E-state index in [1.165, 1.54) is 29.3 Å². The molecule has 2 aliphatic rings. The summed E-state index contributed by atoms with van der Waals surface area (Å²) in [5, 5.41) is 13.4. The maximum atomic E-state index is 13.4. The van der Waals surface area contributed by atoms with Crippen LogP contribution in [-0.2, 0) is 0 Å². The number of rotatable bonds is 8. The van der Waals surface area contributed by atoms with Crippen LogP contribution in [0.15, 0.2) is 47.4 Å². The maximum absolute atomic E-state index is 13.4. The third-order valence-corrected chi connectivity index (χ3v) is 7.92. The van der Waals surface area contributed by atoms with Gasteiger partial charge in [0.15, 0.2) is 0 Å². The number of pyridine rings is 1. The van der Waals surface area contributed by atoms with E-state index in [-0.39, 0.29) is 47.4 Å². The van der Waals surface area contributed by atoms with E-state index >= 15 is 0 Å². The number of nitrogens with one attached hydrogen (secondary N) is 3. The lowest BCUT2D eigenvalue weighted by Crippen LogP contribution is -2.46. The zero-order valence-corrected chi connectivity index (χ0v) is 23.4. The molecule has 0 bridgehead atoms. The van der Waals surface area contributed by atoms with E-state index in [0.717, 1.165) is 25.9 Å². The predicted octanol–water partition coefficient (Wildman–Crippen LogP) is 3.25. The number of aromatic nitrogens is 3. The summed E-state index contributed by atoms with van der Waals surface area (Å²) in [6.07, 6.45) is 1.94. The average Bonchev–Trinajstić information content (AvgIpc) is 3.49. The number of carbonyl (C=O) groups excluding carboxylic acids is 2. The number of ether oxygens (including phenoxy) is 1. The Morgan fingerprint density at radius 1 is 1.14 bits per heavy atom. The van der Waals surface area contributed by atoms with E-state index < -0.39 is 17.5 Å². The SMILES string of the molecule is CN1CCC(N2C(=O)c3cc4nc(-c5c(NCC(O)COc6ccc(F)c(Cl)c6)cc[nH]c5=O)[nH]c4cc3C2=O)CC1. The third-order valence-electron chi connectivity index (χ3n) is 7.63. The Labute approximate surface area is 244 Å². The molecule has 2 aromatic carbocycles. The van der Waals surface area contributed by atoms with Gasteiger partial charge in [0.25, 0.3) is 17.4 Å². The number of aliphatic hydroxyl groups excluding tert-OH is 1. The topological polar surface area (TPSA) is 144 Å². The average molecular weight is 595 g/mol. The molecule has 0 aliphatic carbocycles. The Kier molecular flexibility index (Phi) is 7.43. The first kappa shape index (κ1) is 27.9. The van der Waals surface area contributed by atoms with Gasteiger partial charge >= 0.3 is 0 Å². The molecule has 0 saturated carbocycles. The van der Waals surface area contributed by atoms with Crippen molar-refractivity contribution >= 4 is 40.1 Å². The highest BCUT2D eigenvalue weighted by atomic mass is 35.5. The summed E-state index contributed by atoms with van der Waals surface area (Å²) in [5.74, 6) is -0.678. The summed E-state index contributed by atoms with van der Waals surface area (Å²) >= 11 is 5.77. The highest BCUT2D eigenvalue weighted by molar-refractivity contribution is 6.30. The van der Waals surface area contributed by atoms with Crippen molar-refractivity contribution in [2.24, 2.45) is 0 Å². The van der Waals surface area contributed by atoms with Gasteiger partial charge in [-0.05, 0) is 63.3 Å². The molecule has 2 aromatic heterocycles. The molecule has 1 fully saturated rings. The summed E-state index contributed by atoms with van der Waals surface area (Å²) in [5.41, 5.74) is 1.72. The number of nitrogens with zero attached hydrogens (tertiary/aromatic N) is 3. The number of imide groups is 1. The highest BCUT2D eigenvalue weighted by Gasteiger charge is 2.41. The number of piperidine rings is 1. The molecular formula is C29H28ClFN6O5. The predicted molar refractivity (Wildman–Crippen MR) is 155 cm³/mol. The van der Waals surface area contributed by atoms with Gasteiger partial charge in [-0.25, -0.2) is 9.37 Å². The quantitative estimate of drug-likeness (QED) is 0.228. The fourth-order valence-electron chi connectivity index (χ4n) is 5.37. The number of amides is 2. The smallest absolute Gasteiger partial charge is 0.261 e. The van der Waals surface area contributed by atoms with Gasteiger partial charge in [-0.1, -0.05) is 11.6 Å². The standard InChI is InChI=1S/C29H28ClFN6O5/c1-36-8-5-15(6-9-36)37-28(40)18-11-23-24(12-19(18)29(37)41)35-26(34-23)25-22(4-7-32-27(25)39)33-13-16(38)14-42-17-2-3-21(31)20(30)10-17/h2-4,7,10-12,15-16,38H,5-6,8-9,13-14H2,1H3,(H,34,35)(H2,32,33,39). The lowest BCUT2D eigenvalue weighted by atomic mass is 10.0. The minimum atomic E-state index is -0.982. The first-order valence-corrected chi connectivity index (χ1v) is 13.9. The number of anilines is 1. The van der Waals surface area contributed by atoms with Crippen molar-refractivity contribution < 1.29 is 23.8 Å². The molecule has 42 heavy (non-hydrogen) atoms. The van der Waals surface area contributed by atoms with Gasteiger partial charge in [0.2, 0.25) is 0 Å². The van der Waals surface area contributed by atoms with Crippen molar-refractivity contribution in [3.63, 3.8) is 0 Å². The van der Waals surface area contributed by atoms with Crippen LogP contribution >= 0.6 is 11.6 Å². The third kappa shape index (κ3) is 5.24. The van der Waals surface area contributed by atoms with E-state index in [0.29, 0.717) is 33.6 Å². The van der Waals surface area contributed by atoms with Crippen molar-refractivity contribution in [2.45, 2.75) is 25.0 Å². The number of carbonyl (C=O) groups is 2. The number of fused-ring (bicyclic) bond motifs is 2. The molecule has 0 spiro atoms. The monoisotopic (exact) mass is 594 g/mol. The van der Waals surface area contributed by atoms with E-state index in [4.69, 9.17) is 16.3 Å². The number of halogens is 2.